The van der Waals surface area contributed by atoms with Crippen LogP contribution in [0.5, 0.6) is 11.5 Å². The zero-order valence-corrected chi connectivity index (χ0v) is 11.4. The molecule has 0 amide bonds. The van der Waals surface area contributed by atoms with E-state index in [0.717, 1.165) is 11.1 Å². The number of nitrogens with two attached hydrogens (primary N) is 1. The number of benzene rings is 2. The average molecular weight is 276 g/mol. The highest BCUT2D eigenvalue weighted by atomic mass is 19.1. The molecule has 4 nitrogen and oxygen atoms in total. The molecule has 0 bridgehead atoms. The van der Waals surface area contributed by atoms with Gasteiger partial charge in [-0.2, -0.15) is 0 Å². The number of hydrogen-bond acceptors (Lipinski definition) is 4. The quantitative estimate of drug-likeness (QED) is 0.650. The van der Waals surface area contributed by atoms with E-state index in [2.05, 4.69) is 5.43 Å². The summed E-state index contributed by atoms with van der Waals surface area (Å²) in [6.07, 6.45) is 0. The van der Waals surface area contributed by atoms with Crippen molar-refractivity contribution >= 4 is 0 Å². The molecule has 1 unspecified atom stereocenters. The number of ether oxygens (including phenoxy) is 2. The van der Waals surface area contributed by atoms with Crippen molar-refractivity contribution in [2.75, 3.05) is 14.2 Å². The summed E-state index contributed by atoms with van der Waals surface area (Å²) in [4.78, 5) is 0. The highest BCUT2D eigenvalue weighted by Gasteiger charge is 2.21. The van der Waals surface area contributed by atoms with Gasteiger partial charge >= 0.3 is 0 Å². The number of rotatable bonds is 5. The van der Waals surface area contributed by atoms with Crippen LogP contribution in [0.25, 0.3) is 0 Å². The summed E-state index contributed by atoms with van der Waals surface area (Å²) in [5, 5.41) is 0. The van der Waals surface area contributed by atoms with Crippen LogP contribution in [0.4, 0.5) is 4.39 Å². The monoisotopic (exact) mass is 276 g/mol. The molecule has 0 heterocycles. The van der Waals surface area contributed by atoms with E-state index in [1.165, 1.54) is 12.1 Å². The van der Waals surface area contributed by atoms with Crippen LogP contribution in [-0.4, -0.2) is 14.2 Å². The minimum Gasteiger partial charge on any atom is -0.496 e. The Hall–Kier alpha value is -2.11. The first-order valence-corrected chi connectivity index (χ1v) is 6.13. The Kier molecular flexibility index (Phi) is 4.55. The lowest BCUT2D eigenvalue weighted by molar-refractivity contribution is 0.377. The van der Waals surface area contributed by atoms with Crippen LogP contribution in [-0.2, 0) is 0 Å². The highest BCUT2D eigenvalue weighted by Crippen LogP contribution is 2.36. The van der Waals surface area contributed by atoms with Gasteiger partial charge in [-0.3, -0.25) is 5.84 Å². The lowest BCUT2D eigenvalue weighted by Crippen LogP contribution is -2.29. The molecule has 0 aliphatic rings. The van der Waals surface area contributed by atoms with Gasteiger partial charge in [0.1, 0.15) is 17.3 Å². The van der Waals surface area contributed by atoms with Gasteiger partial charge in [-0.25, -0.2) is 9.82 Å². The van der Waals surface area contributed by atoms with Crippen molar-refractivity contribution in [1.82, 2.24) is 5.43 Å². The molecule has 0 aliphatic heterocycles. The number of hydrogen-bond donors (Lipinski definition) is 2. The molecular formula is C15H17FN2O2. The van der Waals surface area contributed by atoms with Crippen LogP contribution in [0.1, 0.15) is 17.2 Å². The molecule has 0 aliphatic carbocycles. The summed E-state index contributed by atoms with van der Waals surface area (Å²) >= 11 is 0. The lowest BCUT2D eigenvalue weighted by Gasteiger charge is -2.22. The molecule has 5 heteroatoms. The second kappa shape index (κ2) is 6.36. The van der Waals surface area contributed by atoms with Crippen LogP contribution in [0.2, 0.25) is 0 Å². The zero-order valence-electron chi connectivity index (χ0n) is 11.4. The maximum Gasteiger partial charge on any atom is 0.127 e. The molecule has 0 spiro atoms. The van der Waals surface area contributed by atoms with Gasteiger partial charge < -0.3 is 9.47 Å². The van der Waals surface area contributed by atoms with E-state index in [4.69, 9.17) is 15.3 Å². The van der Waals surface area contributed by atoms with Gasteiger partial charge in [0.15, 0.2) is 0 Å². The zero-order chi connectivity index (χ0) is 14.5. The summed E-state index contributed by atoms with van der Waals surface area (Å²) in [6, 6.07) is 11.2. The normalized spacial score (nSPS) is 12.0. The number of halogens is 1. The first-order chi connectivity index (χ1) is 9.71. The van der Waals surface area contributed by atoms with Crippen molar-refractivity contribution < 1.29 is 13.9 Å². The molecule has 2 rings (SSSR count). The molecule has 0 fully saturated rings. The van der Waals surface area contributed by atoms with Crippen molar-refractivity contribution in [3.8, 4) is 11.5 Å². The van der Waals surface area contributed by atoms with Crippen molar-refractivity contribution in [1.29, 1.82) is 0 Å². The average Bonchev–Trinajstić information content (AvgIpc) is 2.49. The van der Waals surface area contributed by atoms with E-state index < -0.39 is 0 Å². The molecule has 0 saturated carbocycles. The van der Waals surface area contributed by atoms with Gasteiger partial charge in [-0.1, -0.05) is 18.2 Å². The van der Waals surface area contributed by atoms with E-state index in [9.17, 15) is 4.39 Å². The van der Waals surface area contributed by atoms with Gasteiger partial charge in [0.05, 0.1) is 25.8 Å². The standard InChI is InChI=1S/C15H17FN2O2/c1-19-12-4-3-5-13(20-2)14(12)15(18-17)10-6-8-11(16)9-7-10/h3-9,15,18H,17H2,1-2H3. The van der Waals surface area contributed by atoms with Crippen LogP contribution < -0.4 is 20.7 Å². The van der Waals surface area contributed by atoms with Gasteiger partial charge in [-0.15, -0.1) is 0 Å². The summed E-state index contributed by atoms with van der Waals surface area (Å²) in [5.74, 6) is 6.67. The van der Waals surface area contributed by atoms with E-state index in [1.807, 2.05) is 18.2 Å². The van der Waals surface area contributed by atoms with Crippen LogP contribution >= 0.6 is 0 Å². The summed E-state index contributed by atoms with van der Waals surface area (Å²) < 4.78 is 23.8. The maximum atomic E-state index is 13.0. The molecule has 0 radical (unpaired) electrons. The van der Waals surface area contributed by atoms with Gasteiger partial charge in [-0.05, 0) is 29.8 Å². The SMILES string of the molecule is COc1cccc(OC)c1C(NN)c1ccc(F)cc1. The largest absolute Gasteiger partial charge is 0.496 e. The van der Waals surface area contributed by atoms with E-state index in [1.54, 1.807) is 26.4 Å². The Balaban J connectivity index is 2.53. The van der Waals surface area contributed by atoms with E-state index >= 15 is 0 Å². The Morgan fingerprint density at radius 2 is 1.55 bits per heavy atom. The molecule has 3 N–H and O–H groups in total. The Morgan fingerprint density at radius 3 is 2.00 bits per heavy atom. The molecule has 2 aromatic rings. The third kappa shape index (κ3) is 2.74. The third-order valence-corrected chi connectivity index (χ3v) is 3.12. The van der Waals surface area contributed by atoms with Crippen LogP contribution in [0.15, 0.2) is 42.5 Å². The number of hydrazine groups is 1. The van der Waals surface area contributed by atoms with E-state index in [0.29, 0.717) is 11.5 Å². The van der Waals surface area contributed by atoms with Crippen LogP contribution in [0, 0.1) is 5.82 Å². The molecular weight excluding hydrogens is 259 g/mol. The Bertz CT molecular complexity index is 550. The topological polar surface area (TPSA) is 56.5 Å². The Labute approximate surface area is 117 Å². The minimum absolute atomic E-state index is 0.295. The highest BCUT2D eigenvalue weighted by molar-refractivity contribution is 5.50. The van der Waals surface area contributed by atoms with Crippen molar-refractivity contribution in [3.05, 3.63) is 59.4 Å². The predicted molar refractivity (Wildman–Crippen MR) is 75.1 cm³/mol. The lowest BCUT2D eigenvalue weighted by atomic mass is 9.97. The molecule has 2 aromatic carbocycles. The smallest absolute Gasteiger partial charge is 0.127 e. The molecule has 20 heavy (non-hydrogen) atoms. The molecule has 106 valence electrons. The second-order valence-electron chi connectivity index (χ2n) is 4.23. The maximum absolute atomic E-state index is 13.0. The summed E-state index contributed by atoms with van der Waals surface area (Å²) in [6.45, 7) is 0. The van der Waals surface area contributed by atoms with Crippen molar-refractivity contribution in [3.63, 3.8) is 0 Å². The van der Waals surface area contributed by atoms with Gasteiger partial charge in [0, 0.05) is 0 Å². The van der Waals surface area contributed by atoms with Crippen molar-refractivity contribution in [2.24, 2.45) is 5.84 Å². The first-order valence-electron chi connectivity index (χ1n) is 6.13. The summed E-state index contributed by atoms with van der Waals surface area (Å²) in [7, 11) is 3.16. The fourth-order valence-corrected chi connectivity index (χ4v) is 2.17. The minimum atomic E-state index is -0.360. The second-order valence-corrected chi connectivity index (χ2v) is 4.23. The fourth-order valence-electron chi connectivity index (χ4n) is 2.17. The van der Waals surface area contributed by atoms with Crippen molar-refractivity contribution in [2.45, 2.75) is 6.04 Å². The van der Waals surface area contributed by atoms with Crippen LogP contribution in [0.3, 0.4) is 0 Å². The third-order valence-electron chi connectivity index (χ3n) is 3.12. The van der Waals surface area contributed by atoms with Gasteiger partial charge in [0.2, 0.25) is 0 Å². The molecule has 0 saturated heterocycles. The van der Waals surface area contributed by atoms with E-state index in [-0.39, 0.29) is 11.9 Å². The molecule has 1 atom stereocenters. The first kappa shape index (κ1) is 14.3. The fraction of sp³-hybridized carbons (Fsp3) is 0.200. The number of methoxy groups -OCH3 is 2. The summed E-state index contributed by atoms with van der Waals surface area (Å²) in [5.41, 5.74) is 4.31. The van der Waals surface area contributed by atoms with Gasteiger partial charge in [0.25, 0.3) is 0 Å². The molecule has 0 aromatic heterocycles. The number of nitrogens with one attached hydrogen (secondary N) is 1. The predicted octanol–water partition coefficient (Wildman–Crippen LogP) is 2.40. The Morgan fingerprint density at radius 1 is 1.00 bits per heavy atom.